The van der Waals surface area contributed by atoms with E-state index >= 15 is 0 Å². The number of carbonyl (C=O) groups excluding carboxylic acids is 3. The highest BCUT2D eigenvalue weighted by Crippen LogP contribution is 2.35. The van der Waals surface area contributed by atoms with Crippen molar-refractivity contribution >= 4 is 41.0 Å². The number of aryl methyl sites for hydroxylation is 1. The molecule has 1 fully saturated rings. The standard InChI is InChI=1S/C18H13NO3S/c1-12-2-8-15(9-3-12)19-17(21)16(23-18(19)22)10-13-4-6-14(11-20)7-5-13/h2-11H,1H3/b16-10+. The molecule has 2 aromatic rings. The van der Waals surface area contributed by atoms with Crippen molar-refractivity contribution in [3.05, 3.63) is 70.1 Å². The predicted octanol–water partition coefficient (Wildman–Crippen LogP) is 4.05. The fourth-order valence-corrected chi connectivity index (χ4v) is 3.05. The third-order valence-corrected chi connectivity index (χ3v) is 4.33. The van der Waals surface area contributed by atoms with Crippen LogP contribution in [0.1, 0.15) is 21.5 Å². The van der Waals surface area contributed by atoms with Crippen LogP contribution < -0.4 is 4.90 Å². The Kier molecular flexibility index (Phi) is 4.12. The molecule has 0 N–H and O–H groups in total. The molecule has 114 valence electrons. The summed E-state index contributed by atoms with van der Waals surface area (Å²) in [6.45, 7) is 1.94. The van der Waals surface area contributed by atoms with Gasteiger partial charge in [0.1, 0.15) is 6.29 Å². The zero-order valence-electron chi connectivity index (χ0n) is 12.4. The van der Waals surface area contributed by atoms with Crippen LogP contribution in [0.2, 0.25) is 0 Å². The summed E-state index contributed by atoms with van der Waals surface area (Å²) in [5.41, 5.74) is 2.96. The Morgan fingerprint density at radius 1 is 0.913 bits per heavy atom. The van der Waals surface area contributed by atoms with Gasteiger partial charge in [0.2, 0.25) is 0 Å². The van der Waals surface area contributed by atoms with E-state index in [1.54, 1.807) is 42.5 Å². The second-order valence-corrected chi connectivity index (χ2v) is 6.13. The number of hydrogen-bond acceptors (Lipinski definition) is 4. The lowest BCUT2D eigenvalue weighted by atomic mass is 10.1. The molecule has 2 aromatic carbocycles. The lowest BCUT2D eigenvalue weighted by Gasteiger charge is -2.12. The van der Waals surface area contributed by atoms with E-state index in [1.165, 1.54) is 4.90 Å². The number of carbonyl (C=O) groups is 3. The number of imide groups is 1. The maximum atomic E-state index is 12.5. The number of benzene rings is 2. The molecule has 0 aliphatic carbocycles. The summed E-state index contributed by atoms with van der Waals surface area (Å²) in [6, 6.07) is 14.1. The molecule has 0 aromatic heterocycles. The van der Waals surface area contributed by atoms with Crippen molar-refractivity contribution in [3.63, 3.8) is 0 Å². The van der Waals surface area contributed by atoms with Gasteiger partial charge < -0.3 is 0 Å². The highest BCUT2D eigenvalue weighted by molar-refractivity contribution is 8.19. The fourth-order valence-electron chi connectivity index (χ4n) is 2.21. The molecule has 23 heavy (non-hydrogen) atoms. The number of rotatable bonds is 3. The monoisotopic (exact) mass is 323 g/mol. The van der Waals surface area contributed by atoms with E-state index < -0.39 is 0 Å². The van der Waals surface area contributed by atoms with E-state index in [0.29, 0.717) is 16.2 Å². The van der Waals surface area contributed by atoms with Gasteiger partial charge in [0.15, 0.2) is 0 Å². The van der Waals surface area contributed by atoms with E-state index in [0.717, 1.165) is 29.2 Å². The molecule has 4 nitrogen and oxygen atoms in total. The summed E-state index contributed by atoms with van der Waals surface area (Å²) in [5, 5.41) is -0.311. The Bertz CT molecular complexity index is 807. The Morgan fingerprint density at radius 3 is 2.13 bits per heavy atom. The van der Waals surface area contributed by atoms with Crippen LogP contribution in [0.5, 0.6) is 0 Å². The average molecular weight is 323 g/mol. The summed E-state index contributed by atoms with van der Waals surface area (Å²) in [7, 11) is 0. The van der Waals surface area contributed by atoms with Crippen LogP contribution in [0.3, 0.4) is 0 Å². The van der Waals surface area contributed by atoms with E-state index in [4.69, 9.17) is 0 Å². The zero-order valence-corrected chi connectivity index (χ0v) is 13.2. The maximum Gasteiger partial charge on any atom is 0.298 e. The second kappa shape index (κ2) is 6.22. The van der Waals surface area contributed by atoms with Gasteiger partial charge in [-0.3, -0.25) is 14.4 Å². The van der Waals surface area contributed by atoms with Crippen LogP contribution in [0.4, 0.5) is 10.5 Å². The molecule has 2 amide bonds. The summed E-state index contributed by atoms with van der Waals surface area (Å²) in [5.74, 6) is -0.330. The first kappa shape index (κ1) is 15.2. The van der Waals surface area contributed by atoms with Crippen LogP contribution in [0.15, 0.2) is 53.4 Å². The quantitative estimate of drug-likeness (QED) is 0.631. The van der Waals surface area contributed by atoms with Gasteiger partial charge in [-0.05, 0) is 42.5 Å². The highest BCUT2D eigenvalue weighted by Gasteiger charge is 2.36. The first-order valence-electron chi connectivity index (χ1n) is 6.98. The number of anilines is 1. The lowest BCUT2D eigenvalue weighted by Crippen LogP contribution is -2.27. The number of thioether (sulfide) groups is 1. The number of aldehydes is 1. The molecule has 1 aliphatic heterocycles. The third-order valence-electron chi connectivity index (χ3n) is 3.46. The Morgan fingerprint density at radius 2 is 1.52 bits per heavy atom. The minimum atomic E-state index is -0.330. The zero-order chi connectivity index (χ0) is 16.4. The Balaban J connectivity index is 1.89. The summed E-state index contributed by atoms with van der Waals surface area (Å²) < 4.78 is 0. The van der Waals surface area contributed by atoms with Crippen LogP contribution in [-0.4, -0.2) is 17.4 Å². The normalized spacial score (nSPS) is 16.2. The van der Waals surface area contributed by atoms with Gasteiger partial charge in [-0.1, -0.05) is 42.0 Å². The molecule has 5 heteroatoms. The summed E-state index contributed by atoms with van der Waals surface area (Å²) in [4.78, 5) is 36.8. The van der Waals surface area contributed by atoms with Crippen molar-refractivity contribution in [3.8, 4) is 0 Å². The SMILES string of the molecule is Cc1ccc(N2C(=O)S/C(=C/c3ccc(C=O)cc3)C2=O)cc1. The summed E-state index contributed by atoms with van der Waals surface area (Å²) in [6.07, 6.45) is 2.42. The van der Waals surface area contributed by atoms with E-state index in [9.17, 15) is 14.4 Å². The predicted molar refractivity (Wildman–Crippen MR) is 91.5 cm³/mol. The molecule has 0 atom stereocenters. The molecule has 0 saturated carbocycles. The first-order valence-corrected chi connectivity index (χ1v) is 7.80. The van der Waals surface area contributed by atoms with Crippen LogP contribution in [0, 0.1) is 6.92 Å². The van der Waals surface area contributed by atoms with Gasteiger partial charge in [0.25, 0.3) is 11.1 Å². The van der Waals surface area contributed by atoms with Gasteiger partial charge in [-0.15, -0.1) is 0 Å². The average Bonchev–Trinajstić information content (AvgIpc) is 2.83. The van der Waals surface area contributed by atoms with E-state index in [1.807, 2.05) is 19.1 Å². The molecule has 0 spiro atoms. The Hall–Kier alpha value is -2.66. The topological polar surface area (TPSA) is 54.5 Å². The second-order valence-electron chi connectivity index (χ2n) is 5.14. The van der Waals surface area contributed by atoms with Crippen LogP contribution >= 0.6 is 11.8 Å². The number of hydrogen-bond donors (Lipinski definition) is 0. The van der Waals surface area contributed by atoms with Crippen molar-refractivity contribution in [2.75, 3.05) is 4.90 Å². The molecular weight excluding hydrogens is 310 g/mol. The molecule has 0 bridgehead atoms. The van der Waals surface area contributed by atoms with E-state index in [2.05, 4.69) is 0 Å². The molecule has 1 heterocycles. The van der Waals surface area contributed by atoms with Gasteiger partial charge >= 0.3 is 0 Å². The van der Waals surface area contributed by atoms with Crippen molar-refractivity contribution < 1.29 is 14.4 Å². The summed E-state index contributed by atoms with van der Waals surface area (Å²) >= 11 is 0.915. The minimum Gasteiger partial charge on any atom is -0.298 e. The van der Waals surface area contributed by atoms with Crippen molar-refractivity contribution in [2.24, 2.45) is 0 Å². The molecular formula is C18H13NO3S. The minimum absolute atomic E-state index is 0.311. The first-order chi connectivity index (χ1) is 11.1. The van der Waals surface area contributed by atoms with Gasteiger partial charge in [0.05, 0.1) is 10.6 Å². The van der Waals surface area contributed by atoms with Crippen molar-refractivity contribution in [2.45, 2.75) is 6.92 Å². The molecule has 3 rings (SSSR count). The van der Waals surface area contributed by atoms with Gasteiger partial charge in [-0.2, -0.15) is 0 Å². The third kappa shape index (κ3) is 3.10. The largest absolute Gasteiger partial charge is 0.298 e. The lowest BCUT2D eigenvalue weighted by molar-refractivity contribution is -0.113. The smallest absolute Gasteiger partial charge is 0.298 e. The van der Waals surface area contributed by atoms with Gasteiger partial charge in [0, 0.05) is 5.56 Å². The van der Waals surface area contributed by atoms with Crippen molar-refractivity contribution in [1.29, 1.82) is 0 Å². The Labute approximate surface area is 137 Å². The van der Waals surface area contributed by atoms with Crippen LogP contribution in [0.25, 0.3) is 6.08 Å². The molecule has 0 unspecified atom stereocenters. The highest BCUT2D eigenvalue weighted by atomic mass is 32.2. The fraction of sp³-hybridized carbons (Fsp3) is 0.0556. The number of amides is 2. The van der Waals surface area contributed by atoms with Gasteiger partial charge in [-0.25, -0.2) is 4.90 Å². The molecule has 0 radical (unpaired) electrons. The van der Waals surface area contributed by atoms with Crippen LogP contribution in [-0.2, 0) is 4.79 Å². The van der Waals surface area contributed by atoms with Crippen molar-refractivity contribution in [1.82, 2.24) is 0 Å². The molecule has 1 aliphatic rings. The number of nitrogens with zero attached hydrogens (tertiary/aromatic N) is 1. The van der Waals surface area contributed by atoms with E-state index in [-0.39, 0.29) is 11.1 Å². The maximum absolute atomic E-state index is 12.5. The molecule has 1 saturated heterocycles.